The molecule has 0 bridgehead atoms. The van der Waals surface area contributed by atoms with Gasteiger partial charge in [-0.2, -0.15) is 13.2 Å². The molecule has 10 heteroatoms. The summed E-state index contributed by atoms with van der Waals surface area (Å²) < 4.78 is 53.0. The largest absolute Gasteiger partial charge is 0.486 e. The van der Waals surface area contributed by atoms with Crippen LogP contribution in [0.15, 0.2) is 29.1 Å². The maximum Gasteiger partial charge on any atom is 0.417 e. The minimum Gasteiger partial charge on any atom is -0.486 e. The number of H-pyrrole nitrogens is 1. The Balaban J connectivity index is 2.04. The molecule has 0 aliphatic carbocycles. The number of ether oxygens (including phenoxy) is 2. The minimum absolute atomic E-state index is 0.0209. The number of hydrogen-bond donors (Lipinski definition) is 1. The van der Waals surface area contributed by atoms with Gasteiger partial charge in [0, 0.05) is 12.6 Å². The first-order chi connectivity index (χ1) is 12.8. The van der Waals surface area contributed by atoms with Gasteiger partial charge in [0.05, 0.1) is 16.6 Å². The number of hydrogen-bond acceptors (Lipinski definition) is 5. The number of aryl methyl sites for hydroxylation is 1. The summed E-state index contributed by atoms with van der Waals surface area (Å²) >= 11 is 4.99. The number of halogens is 3. The van der Waals surface area contributed by atoms with Crippen LogP contribution in [-0.4, -0.2) is 27.7 Å². The first-order valence-corrected chi connectivity index (χ1v) is 8.28. The van der Waals surface area contributed by atoms with E-state index in [1.807, 2.05) is 0 Å². The lowest BCUT2D eigenvalue weighted by atomic mass is 10.1. The zero-order chi connectivity index (χ0) is 19.3. The molecular weight excluding hydrogens is 383 g/mol. The molecule has 3 aromatic rings. The summed E-state index contributed by atoms with van der Waals surface area (Å²) in [6.07, 6.45) is -4.74. The Bertz CT molecular complexity index is 1180. The van der Waals surface area contributed by atoms with E-state index in [-0.39, 0.29) is 16.1 Å². The van der Waals surface area contributed by atoms with Crippen LogP contribution >= 0.6 is 12.2 Å². The van der Waals surface area contributed by atoms with Crippen LogP contribution in [0.2, 0.25) is 0 Å². The summed E-state index contributed by atoms with van der Waals surface area (Å²) in [6.45, 7) is 0.748. The Kier molecular flexibility index (Phi) is 3.95. The number of nitrogens with one attached hydrogen (secondary N) is 1. The summed E-state index contributed by atoms with van der Waals surface area (Å²) in [7, 11) is 1.45. The van der Waals surface area contributed by atoms with Crippen LogP contribution in [-0.2, 0) is 13.2 Å². The van der Waals surface area contributed by atoms with Gasteiger partial charge in [0.2, 0.25) is 0 Å². The van der Waals surface area contributed by atoms with E-state index in [0.717, 1.165) is 6.07 Å². The Hall–Kier alpha value is -2.88. The van der Waals surface area contributed by atoms with Crippen LogP contribution in [0.1, 0.15) is 5.56 Å². The van der Waals surface area contributed by atoms with Crippen molar-refractivity contribution in [3.05, 3.63) is 45.0 Å². The molecule has 3 heterocycles. The molecule has 0 atom stereocenters. The van der Waals surface area contributed by atoms with E-state index >= 15 is 0 Å². The summed E-state index contributed by atoms with van der Waals surface area (Å²) in [5.41, 5.74) is -1.71. The van der Waals surface area contributed by atoms with Crippen molar-refractivity contribution in [3.63, 3.8) is 0 Å². The summed E-state index contributed by atoms with van der Waals surface area (Å²) in [6, 6.07) is 5.61. The quantitative estimate of drug-likeness (QED) is 0.640. The molecule has 27 heavy (non-hydrogen) atoms. The van der Waals surface area contributed by atoms with E-state index in [2.05, 4.69) is 9.97 Å². The van der Waals surface area contributed by atoms with E-state index in [9.17, 15) is 18.0 Å². The van der Waals surface area contributed by atoms with Crippen molar-refractivity contribution >= 4 is 23.3 Å². The normalized spacial score (nSPS) is 13.8. The average Bonchev–Trinajstić information content (AvgIpc) is 2.64. The Morgan fingerprint density at radius 2 is 1.89 bits per heavy atom. The number of nitrogens with zero attached hydrogens (tertiary/aromatic N) is 2. The first kappa shape index (κ1) is 17.5. The molecule has 1 N–H and O–H groups in total. The second-order valence-electron chi connectivity index (χ2n) is 5.93. The Labute approximate surface area is 155 Å². The number of benzene rings is 1. The SMILES string of the molecule is Cn1c(=S)[nH]c(=O)c2c(C(F)(F)F)cc(-c3ccc4c(c3)OCCO4)nc21. The van der Waals surface area contributed by atoms with Gasteiger partial charge in [-0.25, -0.2) is 4.98 Å². The standard InChI is InChI=1S/C17H12F3N3O3S/c1-23-14-13(15(24)22-16(23)27)9(17(18,19)20)7-10(21-14)8-2-3-11-12(6-8)26-5-4-25-11/h2-3,6-7H,4-5H2,1H3,(H,22,24,27). The van der Waals surface area contributed by atoms with Crippen molar-refractivity contribution in [2.24, 2.45) is 7.05 Å². The molecule has 0 radical (unpaired) electrons. The molecule has 0 saturated heterocycles. The number of aromatic amines is 1. The third-order valence-corrected chi connectivity index (χ3v) is 4.59. The first-order valence-electron chi connectivity index (χ1n) is 7.87. The van der Waals surface area contributed by atoms with Gasteiger partial charge in [-0.1, -0.05) is 0 Å². The van der Waals surface area contributed by atoms with Crippen LogP contribution < -0.4 is 15.0 Å². The van der Waals surface area contributed by atoms with E-state index in [4.69, 9.17) is 21.7 Å². The lowest BCUT2D eigenvalue weighted by Gasteiger charge is -2.19. The summed E-state index contributed by atoms with van der Waals surface area (Å²) in [4.78, 5) is 18.7. The molecule has 2 aromatic heterocycles. The van der Waals surface area contributed by atoms with Gasteiger partial charge in [0.25, 0.3) is 5.56 Å². The number of fused-ring (bicyclic) bond motifs is 2. The van der Waals surface area contributed by atoms with Gasteiger partial charge >= 0.3 is 6.18 Å². The molecule has 140 valence electrons. The molecule has 0 amide bonds. The van der Waals surface area contributed by atoms with Gasteiger partial charge in [0.15, 0.2) is 16.3 Å². The van der Waals surface area contributed by atoms with Gasteiger partial charge in [-0.15, -0.1) is 0 Å². The van der Waals surface area contributed by atoms with Crippen LogP contribution in [0.25, 0.3) is 22.3 Å². The Morgan fingerprint density at radius 3 is 2.59 bits per heavy atom. The zero-order valence-electron chi connectivity index (χ0n) is 13.9. The molecule has 0 saturated carbocycles. The maximum absolute atomic E-state index is 13.6. The van der Waals surface area contributed by atoms with E-state index < -0.39 is 22.7 Å². The highest BCUT2D eigenvalue weighted by Crippen LogP contribution is 2.38. The predicted octanol–water partition coefficient (Wildman–Crippen LogP) is 3.45. The van der Waals surface area contributed by atoms with Gasteiger partial charge in [-0.05, 0) is 36.5 Å². The molecule has 0 fully saturated rings. The molecule has 6 nitrogen and oxygen atoms in total. The minimum atomic E-state index is -4.74. The lowest BCUT2D eigenvalue weighted by Crippen LogP contribution is -2.19. The summed E-state index contributed by atoms with van der Waals surface area (Å²) in [5, 5.41) is -0.556. The average molecular weight is 395 g/mol. The molecule has 1 aromatic carbocycles. The highest BCUT2D eigenvalue weighted by atomic mass is 32.1. The van der Waals surface area contributed by atoms with Crippen molar-refractivity contribution in [1.29, 1.82) is 0 Å². The number of aromatic nitrogens is 3. The molecule has 0 unspecified atom stereocenters. The molecular formula is C17H12F3N3O3S. The predicted molar refractivity (Wildman–Crippen MR) is 93.6 cm³/mol. The number of pyridine rings is 1. The number of alkyl halides is 3. The van der Waals surface area contributed by atoms with Crippen molar-refractivity contribution in [2.75, 3.05) is 13.2 Å². The lowest BCUT2D eigenvalue weighted by molar-refractivity contribution is -0.136. The zero-order valence-corrected chi connectivity index (χ0v) is 14.7. The monoisotopic (exact) mass is 395 g/mol. The van der Waals surface area contributed by atoms with E-state index in [1.165, 1.54) is 11.6 Å². The smallest absolute Gasteiger partial charge is 0.417 e. The van der Waals surface area contributed by atoms with Crippen LogP contribution in [0.5, 0.6) is 11.5 Å². The molecule has 0 spiro atoms. The fourth-order valence-electron chi connectivity index (χ4n) is 2.91. The fraction of sp³-hybridized carbons (Fsp3) is 0.235. The summed E-state index contributed by atoms with van der Waals surface area (Å²) in [5.74, 6) is 0.935. The van der Waals surface area contributed by atoms with Gasteiger partial charge in [0.1, 0.15) is 18.9 Å². The molecule has 1 aliphatic rings. The maximum atomic E-state index is 13.6. The number of rotatable bonds is 1. The van der Waals surface area contributed by atoms with E-state index in [1.54, 1.807) is 18.2 Å². The second kappa shape index (κ2) is 6.08. The van der Waals surface area contributed by atoms with Crippen LogP contribution in [0, 0.1) is 4.77 Å². The second-order valence-corrected chi connectivity index (χ2v) is 6.31. The van der Waals surface area contributed by atoms with Gasteiger partial charge < -0.3 is 14.0 Å². The topological polar surface area (TPSA) is 69.1 Å². The third kappa shape index (κ3) is 2.95. The van der Waals surface area contributed by atoms with Crippen molar-refractivity contribution in [2.45, 2.75) is 6.18 Å². The van der Waals surface area contributed by atoms with Crippen molar-refractivity contribution in [1.82, 2.24) is 14.5 Å². The Morgan fingerprint density at radius 1 is 1.19 bits per heavy atom. The molecule has 1 aliphatic heterocycles. The van der Waals surface area contributed by atoms with Crippen molar-refractivity contribution < 1.29 is 22.6 Å². The van der Waals surface area contributed by atoms with Crippen LogP contribution in [0.4, 0.5) is 13.2 Å². The van der Waals surface area contributed by atoms with Gasteiger partial charge in [-0.3, -0.25) is 9.78 Å². The van der Waals surface area contributed by atoms with Crippen LogP contribution in [0.3, 0.4) is 0 Å². The highest BCUT2D eigenvalue weighted by molar-refractivity contribution is 7.71. The fourth-order valence-corrected chi connectivity index (χ4v) is 3.09. The third-order valence-electron chi connectivity index (χ3n) is 4.21. The molecule has 4 rings (SSSR count). The highest BCUT2D eigenvalue weighted by Gasteiger charge is 2.35. The van der Waals surface area contributed by atoms with Crippen molar-refractivity contribution in [3.8, 4) is 22.8 Å². The van der Waals surface area contributed by atoms with E-state index in [0.29, 0.717) is 30.3 Å².